The van der Waals surface area contributed by atoms with E-state index in [1.807, 2.05) is 12.1 Å². The van der Waals surface area contributed by atoms with Crippen molar-refractivity contribution in [2.75, 3.05) is 39.8 Å². The Bertz CT molecular complexity index is 1430. The van der Waals surface area contributed by atoms with Gasteiger partial charge in [0, 0.05) is 39.0 Å². The summed E-state index contributed by atoms with van der Waals surface area (Å²) in [6.07, 6.45) is 2.01. The third-order valence-corrected chi connectivity index (χ3v) is 9.75. The summed E-state index contributed by atoms with van der Waals surface area (Å²) in [5.41, 5.74) is 5.64. The van der Waals surface area contributed by atoms with Crippen molar-refractivity contribution in [3.63, 3.8) is 0 Å². The first-order valence-corrected chi connectivity index (χ1v) is 15.3. The van der Waals surface area contributed by atoms with Crippen molar-refractivity contribution in [2.24, 2.45) is 17.6 Å². The summed E-state index contributed by atoms with van der Waals surface area (Å²) in [6, 6.07) is 11.6. The van der Waals surface area contributed by atoms with Gasteiger partial charge in [0.15, 0.2) is 11.9 Å². The Kier molecular flexibility index (Phi) is 9.30. The Balaban J connectivity index is 1.57. The number of ether oxygens (including phenoxy) is 1. The Morgan fingerprint density at radius 3 is 2.54 bits per heavy atom. The van der Waals surface area contributed by atoms with Gasteiger partial charge in [0.2, 0.25) is 15.9 Å². The van der Waals surface area contributed by atoms with Crippen molar-refractivity contribution in [3.8, 4) is 0 Å². The Hall–Kier alpha value is -3.55. The molecule has 2 unspecified atom stereocenters. The molecule has 4 rings (SSSR count). The van der Waals surface area contributed by atoms with E-state index in [1.165, 1.54) is 19.2 Å². The minimum atomic E-state index is -4.10. The van der Waals surface area contributed by atoms with E-state index >= 15 is 0 Å². The van der Waals surface area contributed by atoms with Crippen LogP contribution in [0, 0.1) is 17.2 Å². The smallest absolute Gasteiger partial charge is 0.423 e. The van der Waals surface area contributed by atoms with Crippen LogP contribution in [-0.2, 0) is 24.3 Å². The number of nitrogens with two attached hydrogens (primary N) is 1. The lowest BCUT2D eigenvalue weighted by molar-refractivity contribution is -0.793. The highest BCUT2D eigenvalue weighted by Gasteiger charge is 2.57. The fraction of sp³-hybridized carbons (Fsp3) is 0.500. The lowest BCUT2D eigenvalue weighted by atomic mass is 9.97. The number of imide groups is 1. The van der Waals surface area contributed by atoms with Gasteiger partial charge in [0.05, 0.1) is 18.6 Å². The Labute approximate surface area is 240 Å². The maximum absolute atomic E-state index is 14.1. The number of rotatable bonds is 8. The summed E-state index contributed by atoms with van der Waals surface area (Å²) >= 11 is 0. The average molecular weight is 588 g/mol. The van der Waals surface area contributed by atoms with Gasteiger partial charge in [-0.3, -0.25) is 10.2 Å². The number of methoxy groups -OCH3 is 1. The summed E-state index contributed by atoms with van der Waals surface area (Å²) in [4.78, 5) is 42.4. The molecule has 13 heteroatoms. The van der Waals surface area contributed by atoms with Crippen LogP contribution >= 0.6 is 0 Å². The summed E-state index contributed by atoms with van der Waals surface area (Å²) in [7, 11) is -2.90. The molecular weight excluding hydrogens is 548 g/mol. The number of fused-ring (bicyclic) bond motifs is 1. The molecule has 2 aromatic carbocycles. The third-order valence-electron chi connectivity index (χ3n) is 8.33. The number of guanidine groups is 1. The zero-order valence-corrected chi connectivity index (χ0v) is 24.3. The van der Waals surface area contributed by atoms with Crippen molar-refractivity contribution < 1.29 is 32.0 Å². The molecule has 2 heterocycles. The van der Waals surface area contributed by atoms with Crippen LogP contribution in [0.2, 0.25) is 0 Å². The molecule has 222 valence electrons. The fourth-order valence-corrected chi connectivity index (χ4v) is 7.01. The molecule has 0 spiro atoms. The lowest BCUT2D eigenvalue weighted by Crippen LogP contribution is -2.64. The molecule has 3 amide bonds. The molecule has 4 atom stereocenters. The van der Waals surface area contributed by atoms with Crippen LogP contribution in [0.4, 0.5) is 4.79 Å². The topological polar surface area (TPSA) is 172 Å². The second kappa shape index (κ2) is 12.5. The van der Waals surface area contributed by atoms with Crippen LogP contribution in [0.5, 0.6) is 0 Å². The van der Waals surface area contributed by atoms with Gasteiger partial charge in [-0.05, 0) is 48.6 Å². The molecule has 0 radical (unpaired) electrons. The number of nitrogens with one attached hydrogen (secondary N) is 3. The second-order valence-electron chi connectivity index (χ2n) is 10.9. The number of carbonyl (C=O) groups excluding carboxylic acids is 3. The number of carbonyl (C=O) groups is 3. The number of hydrogen-bond donors (Lipinski definition) is 4. The van der Waals surface area contributed by atoms with Gasteiger partial charge in [-0.2, -0.15) is 9.28 Å². The number of likely N-dealkylation sites (tertiary alicyclic amines) is 2. The van der Waals surface area contributed by atoms with E-state index in [-0.39, 0.29) is 29.9 Å². The van der Waals surface area contributed by atoms with Crippen molar-refractivity contribution >= 4 is 44.7 Å². The van der Waals surface area contributed by atoms with Crippen LogP contribution < -0.4 is 15.8 Å². The second-order valence-corrected chi connectivity index (χ2v) is 12.7. The van der Waals surface area contributed by atoms with E-state index in [2.05, 4.69) is 10.0 Å². The van der Waals surface area contributed by atoms with Crippen LogP contribution in [0.15, 0.2) is 47.4 Å². The first-order valence-electron chi connectivity index (χ1n) is 13.9. The fourth-order valence-electron chi connectivity index (χ4n) is 5.93. The third kappa shape index (κ3) is 6.36. The quantitative estimate of drug-likeness (QED) is 0.157. The zero-order chi connectivity index (χ0) is 29.8. The number of amides is 3. The number of quaternary nitrogens is 1. The molecule has 5 N–H and O–H groups in total. The van der Waals surface area contributed by atoms with Crippen LogP contribution in [-0.4, -0.2) is 87.5 Å². The van der Waals surface area contributed by atoms with Gasteiger partial charge < -0.3 is 20.7 Å². The number of sulfonamides is 1. The SMILES string of the molecule is COC(=O)[N+]1(C(=O)[C@H](CNS(=O)(=O)c2ccc3ccccc3c2)C(=O)NCC2CCCN(C(=N)N)C2)CCC[C@H]1C. The minimum Gasteiger partial charge on any atom is -0.423 e. The predicted octanol–water partition coefficient (Wildman–Crippen LogP) is 1.75. The number of benzene rings is 2. The highest BCUT2D eigenvalue weighted by Crippen LogP contribution is 2.31. The molecule has 0 bridgehead atoms. The highest BCUT2D eigenvalue weighted by atomic mass is 32.2. The molecule has 2 saturated heterocycles. The number of piperidine rings is 1. The summed E-state index contributed by atoms with van der Waals surface area (Å²) < 4.78 is 33.4. The average Bonchev–Trinajstić information content (AvgIpc) is 3.37. The van der Waals surface area contributed by atoms with E-state index in [0.29, 0.717) is 25.9 Å². The van der Waals surface area contributed by atoms with E-state index in [4.69, 9.17) is 15.9 Å². The van der Waals surface area contributed by atoms with Gasteiger partial charge in [-0.1, -0.05) is 30.3 Å². The maximum Gasteiger partial charge on any atom is 0.523 e. The standard InChI is InChI=1S/C28H38N6O6S/c1-19-7-6-14-34(19,28(37)40-2)26(36)24(25(35)31-16-20-8-5-13-33(18-20)27(29)30)17-32-41(38,39)23-12-11-21-9-3-4-10-22(21)15-23/h3-4,9-12,15,19-20,24,32H,5-8,13-14,16-18H2,1-2H3,(H3-,29,30,31,35)/p+1/t19-,20?,24-,34?/m1/s1. The molecule has 2 fully saturated rings. The van der Waals surface area contributed by atoms with Crippen molar-refractivity contribution in [1.82, 2.24) is 14.9 Å². The van der Waals surface area contributed by atoms with E-state index in [1.54, 1.807) is 30.0 Å². The molecule has 0 aliphatic carbocycles. The number of nitrogens with zero attached hydrogens (tertiary/aromatic N) is 2. The lowest BCUT2D eigenvalue weighted by Gasteiger charge is -2.34. The molecule has 12 nitrogen and oxygen atoms in total. The Morgan fingerprint density at radius 2 is 1.88 bits per heavy atom. The normalized spacial score (nSPS) is 23.6. The van der Waals surface area contributed by atoms with Crippen LogP contribution in [0.25, 0.3) is 10.8 Å². The first-order chi connectivity index (χ1) is 19.5. The first kappa shape index (κ1) is 30.4. The number of hydrogen-bond acceptors (Lipinski definition) is 7. The van der Waals surface area contributed by atoms with Gasteiger partial charge in [0.1, 0.15) is 6.04 Å². The minimum absolute atomic E-state index is 0.000687. The monoisotopic (exact) mass is 587 g/mol. The maximum atomic E-state index is 14.1. The summed E-state index contributed by atoms with van der Waals surface area (Å²) in [5, 5.41) is 12.1. The van der Waals surface area contributed by atoms with Crippen LogP contribution in [0.1, 0.15) is 32.6 Å². The van der Waals surface area contributed by atoms with Crippen molar-refractivity contribution in [1.29, 1.82) is 5.41 Å². The molecule has 2 aliphatic rings. The molecule has 0 aromatic heterocycles. The molecule has 0 saturated carbocycles. The van der Waals surface area contributed by atoms with Gasteiger partial charge in [0.25, 0.3) is 0 Å². The molecule has 41 heavy (non-hydrogen) atoms. The largest absolute Gasteiger partial charge is 0.523 e. The van der Waals surface area contributed by atoms with E-state index in [0.717, 1.165) is 23.6 Å². The van der Waals surface area contributed by atoms with E-state index < -0.39 is 50.9 Å². The Morgan fingerprint density at radius 1 is 1.15 bits per heavy atom. The zero-order valence-electron chi connectivity index (χ0n) is 23.5. The van der Waals surface area contributed by atoms with Crippen molar-refractivity contribution in [2.45, 2.75) is 43.5 Å². The summed E-state index contributed by atoms with van der Waals surface area (Å²) in [6.45, 7) is 2.78. The van der Waals surface area contributed by atoms with Gasteiger partial charge in [-0.15, -0.1) is 0 Å². The van der Waals surface area contributed by atoms with E-state index in [9.17, 15) is 22.8 Å². The molecule has 2 aromatic rings. The highest BCUT2D eigenvalue weighted by molar-refractivity contribution is 7.89. The molecular formula is C28H39N6O6S+. The van der Waals surface area contributed by atoms with Crippen LogP contribution in [0.3, 0.4) is 0 Å². The molecule has 2 aliphatic heterocycles. The van der Waals surface area contributed by atoms with Crippen molar-refractivity contribution in [3.05, 3.63) is 42.5 Å². The predicted molar refractivity (Wildman–Crippen MR) is 153 cm³/mol. The van der Waals surface area contributed by atoms with Gasteiger partial charge in [-0.25, -0.2) is 17.9 Å². The van der Waals surface area contributed by atoms with Gasteiger partial charge >= 0.3 is 12.0 Å². The summed E-state index contributed by atoms with van der Waals surface area (Å²) in [5.74, 6) is -2.88.